The standard InChI is InChI=1S/C19H28O/c1-2-3-4-5-6-10-13-18-14-19(18)16-20-15-17-11-8-7-9-12-17/h7-13,18-19H,2-6,14-16H2,1H3/b13-10+. The van der Waals surface area contributed by atoms with Crippen molar-refractivity contribution < 1.29 is 4.74 Å². The molecule has 0 spiro atoms. The fourth-order valence-corrected chi connectivity index (χ4v) is 2.56. The van der Waals surface area contributed by atoms with Gasteiger partial charge in [-0.05, 0) is 36.7 Å². The fraction of sp³-hybridized carbons (Fsp3) is 0.579. The molecular weight excluding hydrogens is 244 g/mol. The van der Waals surface area contributed by atoms with Gasteiger partial charge in [-0.2, -0.15) is 0 Å². The predicted octanol–water partition coefficient (Wildman–Crippen LogP) is 5.37. The van der Waals surface area contributed by atoms with Crippen LogP contribution in [-0.4, -0.2) is 6.61 Å². The fourth-order valence-electron chi connectivity index (χ4n) is 2.56. The van der Waals surface area contributed by atoms with Gasteiger partial charge < -0.3 is 4.74 Å². The van der Waals surface area contributed by atoms with Crippen molar-refractivity contribution in [1.29, 1.82) is 0 Å². The first kappa shape index (κ1) is 15.3. The van der Waals surface area contributed by atoms with Crippen molar-refractivity contribution in [3.8, 4) is 0 Å². The Labute approximate surface area is 124 Å². The molecule has 0 N–H and O–H groups in total. The zero-order chi connectivity index (χ0) is 14.0. The van der Waals surface area contributed by atoms with Crippen molar-refractivity contribution in [1.82, 2.24) is 0 Å². The SMILES string of the molecule is CCCCCC/C=C/C1CC1COCc1ccccc1. The van der Waals surface area contributed by atoms with Crippen LogP contribution in [-0.2, 0) is 11.3 Å². The van der Waals surface area contributed by atoms with E-state index in [2.05, 4.69) is 43.3 Å². The lowest BCUT2D eigenvalue weighted by molar-refractivity contribution is 0.109. The Morgan fingerprint density at radius 1 is 1.15 bits per heavy atom. The second-order valence-corrected chi connectivity index (χ2v) is 5.94. The third-order valence-corrected chi connectivity index (χ3v) is 4.03. The number of rotatable bonds is 10. The predicted molar refractivity (Wildman–Crippen MR) is 85.6 cm³/mol. The zero-order valence-corrected chi connectivity index (χ0v) is 12.8. The first-order valence-electron chi connectivity index (χ1n) is 8.18. The van der Waals surface area contributed by atoms with Gasteiger partial charge in [0.1, 0.15) is 0 Å². The van der Waals surface area contributed by atoms with E-state index < -0.39 is 0 Å². The van der Waals surface area contributed by atoms with Crippen LogP contribution in [0.15, 0.2) is 42.5 Å². The number of allylic oxidation sites excluding steroid dienone is 2. The smallest absolute Gasteiger partial charge is 0.0717 e. The minimum absolute atomic E-state index is 0.755. The third-order valence-electron chi connectivity index (χ3n) is 4.03. The summed E-state index contributed by atoms with van der Waals surface area (Å²) in [5.74, 6) is 1.56. The summed E-state index contributed by atoms with van der Waals surface area (Å²) in [5.41, 5.74) is 1.27. The van der Waals surface area contributed by atoms with Crippen LogP contribution in [0.1, 0.15) is 51.0 Å². The second-order valence-electron chi connectivity index (χ2n) is 5.94. The average molecular weight is 272 g/mol. The Bertz CT molecular complexity index is 382. The maximum absolute atomic E-state index is 5.80. The molecule has 1 aliphatic rings. The molecule has 1 aliphatic carbocycles. The topological polar surface area (TPSA) is 9.23 Å². The van der Waals surface area contributed by atoms with Crippen LogP contribution in [0, 0.1) is 11.8 Å². The zero-order valence-electron chi connectivity index (χ0n) is 12.8. The summed E-state index contributed by atoms with van der Waals surface area (Å²) < 4.78 is 5.80. The van der Waals surface area contributed by atoms with E-state index in [0.29, 0.717) is 0 Å². The maximum atomic E-state index is 5.80. The van der Waals surface area contributed by atoms with E-state index in [-0.39, 0.29) is 0 Å². The van der Waals surface area contributed by atoms with E-state index in [1.54, 1.807) is 0 Å². The molecule has 1 heteroatoms. The number of benzene rings is 1. The lowest BCUT2D eigenvalue weighted by Gasteiger charge is -2.03. The van der Waals surface area contributed by atoms with Gasteiger partial charge in [-0.1, -0.05) is 68.7 Å². The average Bonchev–Trinajstić information content (AvgIpc) is 3.22. The quantitative estimate of drug-likeness (QED) is 0.411. The van der Waals surface area contributed by atoms with Gasteiger partial charge >= 0.3 is 0 Å². The molecule has 110 valence electrons. The van der Waals surface area contributed by atoms with Gasteiger partial charge in [0.2, 0.25) is 0 Å². The number of hydrogen-bond donors (Lipinski definition) is 0. The Morgan fingerprint density at radius 2 is 2.00 bits per heavy atom. The van der Waals surface area contributed by atoms with Gasteiger partial charge in [0.25, 0.3) is 0 Å². The molecule has 0 heterocycles. The molecule has 20 heavy (non-hydrogen) atoms. The van der Waals surface area contributed by atoms with Crippen molar-refractivity contribution in [3.05, 3.63) is 48.0 Å². The van der Waals surface area contributed by atoms with Gasteiger partial charge in [0, 0.05) is 0 Å². The highest BCUT2D eigenvalue weighted by molar-refractivity contribution is 5.13. The Balaban J connectivity index is 1.49. The van der Waals surface area contributed by atoms with Crippen molar-refractivity contribution in [2.45, 2.75) is 52.1 Å². The molecule has 0 bridgehead atoms. The lowest BCUT2D eigenvalue weighted by atomic mass is 10.1. The molecule has 2 unspecified atom stereocenters. The maximum Gasteiger partial charge on any atom is 0.0717 e. The van der Waals surface area contributed by atoms with E-state index >= 15 is 0 Å². The third kappa shape index (κ3) is 5.92. The summed E-state index contributed by atoms with van der Waals surface area (Å²) >= 11 is 0. The minimum Gasteiger partial charge on any atom is -0.376 e. The normalized spacial score (nSPS) is 21.4. The summed E-state index contributed by atoms with van der Waals surface area (Å²) in [4.78, 5) is 0. The molecule has 0 amide bonds. The van der Waals surface area contributed by atoms with Crippen LogP contribution in [0.5, 0.6) is 0 Å². The molecule has 0 saturated heterocycles. The van der Waals surface area contributed by atoms with Crippen LogP contribution in [0.25, 0.3) is 0 Å². The molecule has 1 aromatic rings. The summed E-state index contributed by atoms with van der Waals surface area (Å²) in [7, 11) is 0. The molecule has 0 radical (unpaired) electrons. The van der Waals surface area contributed by atoms with Gasteiger partial charge in [0.05, 0.1) is 13.2 Å². The summed E-state index contributed by atoms with van der Waals surface area (Å²) in [6, 6.07) is 10.4. The molecule has 2 atom stereocenters. The van der Waals surface area contributed by atoms with Crippen LogP contribution >= 0.6 is 0 Å². The van der Waals surface area contributed by atoms with Crippen LogP contribution in [0.2, 0.25) is 0 Å². The van der Waals surface area contributed by atoms with Crippen molar-refractivity contribution in [2.24, 2.45) is 11.8 Å². The van der Waals surface area contributed by atoms with Crippen molar-refractivity contribution in [2.75, 3.05) is 6.61 Å². The van der Waals surface area contributed by atoms with Crippen LogP contribution in [0.4, 0.5) is 0 Å². The number of unbranched alkanes of at least 4 members (excludes halogenated alkanes) is 4. The monoisotopic (exact) mass is 272 g/mol. The Kier molecular flexibility index (Phi) is 6.86. The van der Waals surface area contributed by atoms with Crippen LogP contribution < -0.4 is 0 Å². The van der Waals surface area contributed by atoms with Gasteiger partial charge in [0.15, 0.2) is 0 Å². The first-order chi connectivity index (χ1) is 9.90. The highest BCUT2D eigenvalue weighted by Gasteiger charge is 2.34. The summed E-state index contributed by atoms with van der Waals surface area (Å²) in [6.45, 7) is 3.94. The largest absolute Gasteiger partial charge is 0.376 e. The second kappa shape index (κ2) is 8.97. The van der Waals surface area contributed by atoms with Crippen molar-refractivity contribution in [3.63, 3.8) is 0 Å². The van der Waals surface area contributed by atoms with E-state index in [1.807, 2.05) is 6.07 Å². The molecule has 1 saturated carbocycles. The summed E-state index contributed by atoms with van der Waals surface area (Å²) in [5, 5.41) is 0. The molecule has 1 nitrogen and oxygen atoms in total. The van der Waals surface area contributed by atoms with Gasteiger partial charge in [-0.25, -0.2) is 0 Å². The van der Waals surface area contributed by atoms with Crippen LogP contribution in [0.3, 0.4) is 0 Å². The highest BCUT2D eigenvalue weighted by atomic mass is 16.5. The lowest BCUT2D eigenvalue weighted by Crippen LogP contribution is -1.98. The molecular formula is C19H28O. The molecule has 1 fully saturated rings. The first-order valence-corrected chi connectivity index (χ1v) is 8.18. The molecule has 1 aromatic carbocycles. The highest BCUT2D eigenvalue weighted by Crippen LogP contribution is 2.40. The van der Waals surface area contributed by atoms with Crippen molar-refractivity contribution >= 4 is 0 Å². The Morgan fingerprint density at radius 3 is 2.80 bits per heavy atom. The van der Waals surface area contributed by atoms with Gasteiger partial charge in [-0.3, -0.25) is 0 Å². The number of ether oxygens (including phenoxy) is 1. The summed E-state index contributed by atoms with van der Waals surface area (Å²) in [6.07, 6.45) is 12.8. The van der Waals surface area contributed by atoms with Gasteiger partial charge in [-0.15, -0.1) is 0 Å². The molecule has 0 aromatic heterocycles. The van der Waals surface area contributed by atoms with E-state index in [0.717, 1.165) is 25.0 Å². The Hall–Kier alpha value is -1.08. The molecule has 0 aliphatic heterocycles. The molecule has 2 rings (SSSR count). The van der Waals surface area contributed by atoms with E-state index in [4.69, 9.17) is 4.74 Å². The number of hydrogen-bond acceptors (Lipinski definition) is 1. The minimum atomic E-state index is 0.755. The van der Waals surface area contributed by atoms with E-state index in [1.165, 1.54) is 44.1 Å². The van der Waals surface area contributed by atoms with E-state index in [9.17, 15) is 0 Å².